The normalized spacial score (nSPS) is 10.2. The molecular formula is C14H18N4O3. The third kappa shape index (κ3) is 4.48. The van der Waals surface area contributed by atoms with Crippen molar-refractivity contribution in [3.05, 3.63) is 29.8 Å². The number of aromatic nitrogens is 3. The Bertz CT molecular complexity index is 597. The summed E-state index contributed by atoms with van der Waals surface area (Å²) >= 11 is 0. The first-order valence-electron chi connectivity index (χ1n) is 6.69. The average Bonchev–Trinajstić information content (AvgIpc) is 2.93. The molecule has 0 aliphatic heterocycles. The van der Waals surface area contributed by atoms with Gasteiger partial charge >= 0.3 is 6.01 Å². The number of carbonyl (C=O) groups excluding carboxylic acids is 1. The molecule has 0 fully saturated rings. The highest BCUT2D eigenvalue weighted by Gasteiger charge is 2.08. The first-order chi connectivity index (χ1) is 10.2. The minimum absolute atomic E-state index is 0.142. The lowest BCUT2D eigenvalue weighted by Crippen LogP contribution is -2.13. The van der Waals surface area contributed by atoms with E-state index < -0.39 is 0 Å². The van der Waals surface area contributed by atoms with Gasteiger partial charge in [0.1, 0.15) is 5.75 Å². The highest BCUT2D eigenvalue weighted by molar-refractivity contribution is 5.89. The van der Waals surface area contributed by atoms with Crippen LogP contribution in [-0.4, -0.2) is 34.8 Å². The fourth-order valence-corrected chi connectivity index (χ4v) is 1.78. The van der Waals surface area contributed by atoms with Crippen molar-refractivity contribution >= 4 is 11.9 Å². The molecule has 0 unspecified atom stereocenters. The highest BCUT2D eigenvalue weighted by Crippen LogP contribution is 2.14. The van der Waals surface area contributed by atoms with Crippen molar-refractivity contribution in [2.24, 2.45) is 0 Å². The summed E-state index contributed by atoms with van der Waals surface area (Å²) in [7, 11) is 1.62. The zero-order valence-electron chi connectivity index (χ0n) is 12.0. The second-order valence-corrected chi connectivity index (χ2v) is 4.30. The van der Waals surface area contributed by atoms with Crippen molar-refractivity contribution in [3.63, 3.8) is 0 Å². The summed E-state index contributed by atoms with van der Waals surface area (Å²) < 4.78 is 10.2. The number of anilines is 1. The molecule has 1 aromatic carbocycles. The molecule has 2 rings (SSSR count). The number of amides is 1. The molecule has 0 radical (unpaired) electrons. The van der Waals surface area contributed by atoms with E-state index in [9.17, 15) is 4.79 Å². The van der Waals surface area contributed by atoms with Gasteiger partial charge in [-0.1, -0.05) is 12.1 Å². The van der Waals surface area contributed by atoms with Gasteiger partial charge in [-0.25, -0.2) is 5.10 Å². The van der Waals surface area contributed by atoms with Gasteiger partial charge in [0.2, 0.25) is 11.9 Å². The van der Waals surface area contributed by atoms with E-state index >= 15 is 0 Å². The molecule has 2 N–H and O–H groups in total. The molecule has 1 heterocycles. The summed E-state index contributed by atoms with van der Waals surface area (Å²) in [6, 6.07) is 7.86. The van der Waals surface area contributed by atoms with Crippen LogP contribution in [0.15, 0.2) is 24.3 Å². The van der Waals surface area contributed by atoms with E-state index in [-0.39, 0.29) is 17.9 Å². The zero-order chi connectivity index (χ0) is 15.1. The number of aromatic amines is 1. The summed E-state index contributed by atoms with van der Waals surface area (Å²) in [6.45, 7) is 2.31. The topological polar surface area (TPSA) is 89.1 Å². The van der Waals surface area contributed by atoms with Crippen LogP contribution in [0.25, 0.3) is 0 Å². The van der Waals surface area contributed by atoms with Crippen LogP contribution in [0, 0.1) is 0 Å². The monoisotopic (exact) mass is 290 g/mol. The Balaban J connectivity index is 1.83. The van der Waals surface area contributed by atoms with Gasteiger partial charge in [-0.3, -0.25) is 10.1 Å². The van der Waals surface area contributed by atoms with E-state index in [2.05, 4.69) is 20.5 Å². The van der Waals surface area contributed by atoms with Crippen LogP contribution in [0.5, 0.6) is 11.8 Å². The van der Waals surface area contributed by atoms with Crippen molar-refractivity contribution in [1.82, 2.24) is 15.2 Å². The van der Waals surface area contributed by atoms with Crippen LogP contribution in [0.4, 0.5) is 5.95 Å². The third-order valence-electron chi connectivity index (χ3n) is 2.77. The quantitative estimate of drug-likeness (QED) is 0.811. The van der Waals surface area contributed by atoms with E-state index in [4.69, 9.17) is 9.47 Å². The van der Waals surface area contributed by atoms with Gasteiger partial charge < -0.3 is 9.47 Å². The third-order valence-corrected chi connectivity index (χ3v) is 2.77. The second-order valence-electron chi connectivity index (χ2n) is 4.30. The van der Waals surface area contributed by atoms with E-state index in [0.29, 0.717) is 19.4 Å². The second kappa shape index (κ2) is 7.28. The van der Waals surface area contributed by atoms with Crippen molar-refractivity contribution in [3.8, 4) is 11.8 Å². The van der Waals surface area contributed by atoms with Gasteiger partial charge in [0.25, 0.3) is 0 Å². The fourth-order valence-electron chi connectivity index (χ4n) is 1.78. The number of hydrogen-bond donors (Lipinski definition) is 2. The van der Waals surface area contributed by atoms with E-state index in [0.717, 1.165) is 11.3 Å². The van der Waals surface area contributed by atoms with Gasteiger partial charge in [-0.05, 0) is 31.0 Å². The molecule has 1 amide bonds. The molecule has 2 aromatic rings. The van der Waals surface area contributed by atoms with Crippen molar-refractivity contribution in [1.29, 1.82) is 0 Å². The lowest BCUT2D eigenvalue weighted by molar-refractivity contribution is -0.116. The number of hydrogen-bond acceptors (Lipinski definition) is 5. The summed E-state index contributed by atoms with van der Waals surface area (Å²) in [5.74, 6) is 0.926. The number of nitrogens with zero attached hydrogens (tertiary/aromatic N) is 2. The molecule has 7 nitrogen and oxygen atoms in total. The van der Waals surface area contributed by atoms with Gasteiger partial charge in [0.05, 0.1) is 13.7 Å². The molecule has 112 valence electrons. The van der Waals surface area contributed by atoms with E-state index in [1.165, 1.54) is 0 Å². The summed E-state index contributed by atoms with van der Waals surface area (Å²) in [5, 5.41) is 9.05. The van der Waals surface area contributed by atoms with Gasteiger partial charge in [0, 0.05) is 6.42 Å². The van der Waals surface area contributed by atoms with Gasteiger partial charge in [-0.15, -0.1) is 5.10 Å². The van der Waals surface area contributed by atoms with Crippen molar-refractivity contribution < 1.29 is 14.3 Å². The summed E-state index contributed by atoms with van der Waals surface area (Å²) in [6.07, 6.45) is 0.966. The summed E-state index contributed by atoms with van der Waals surface area (Å²) in [5.41, 5.74) is 1.04. The predicted octanol–water partition coefficient (Wildman–Crippen LogP) is 1.78. The lowest BCUT2D eigenvalue weighted by atomic mass is 10.1. The van der Waals surface area contributed by atoms with Gasteiger partial charge in [-0.2, -0.15) is 4.98 Å². The van der Waals surface area contributed by atoms with Crippen molar-refractivity contribution in [2.75, 3.05) is 19.0 Å². The highest BCUT2D eigenvalue weighted by atomic mass is 16.5. The minimum atomic E-state index is -0.142. The number of aryl methyl sites for hydroxylation is 1. The number of rotatable bonds is 7. The van der Waals surface area contributed by atoms with Crippen LogP contribution in [0.2, 0.25) is 0 Å². The summed E-state index contributed by atoms with van der Waals surface area (Å²) in [4.78, 5) is 15.8. The van der Waals surface area contributed by atoms with Crippen LogP contribution >= 0.6 is 0 Å². The molecule has 7 heteroatoms. The van der Waals surface area contributed by atoms with E-state index in [1.54, 1.807) is 7.11 Å². The number of ether oxygens (including phenoxy) is 2. The molecule has 0 saturated carbocycles. The van der Waals surface area contributed by atoms with Crippen LogP contribution in [0.1, 0.15) is 18.9 Å². The molecule has 1 aromatic heterocycles. The maximum atomic E-state index is 11.8. The predicted molar refractivity (Wildman–Crippen MR) is 77.5 cm³/mol. The minimum Gasteiger partial charge on any atom is -0.497 e. The molecular weight excluding hydrogens is 272 g/mol. The smallest absolute Gasteiger partial charge is 0.337 e. The Morgan fingerprint density at radius 2 is 2.29 bits per heavy atom. The number of benzene rings is 1. The largest absolute Gasteiger partial charge is 0.497 e. The zero-order valence-corrected chi connectivity index (χ0v) is 12.0. The maximum absolute atomic E-state index is 11.8. The maximum Gasteiger partial charge on any atom is 0.337 e. The molecule has 0 bridgehead atoms. The first-order valence-corrected chi connectivity index (χ1v) is 6.69. The standard InChI is InChI=1S/C14H18N4O3/c1-3-21-14-16-13(17-18-14)15-12(19)8-7-10-5-4-6-11(9-10)20-2/h4-6,9H,3,7-8H2,1-2H3,(H2,15,16,17,18,19). The number of methoxy groups -OCH3 is 1. The number of carbonyl (C=O) groups is 1. The first kappa shape index (κ1) is 14.8. The van der Waals surface area contributed by atoms with Crippen LogP contribution in [-0.2, 0) is 11.2 Å². The SMILES string of the molecule is CCOc1n[nH]c(NC(=O)CCc2cccc(OC)c2)n1. The number of H-pyrrole nitrogens is 1. The molecule has 0 spiro atoms. The molecule has 0 aliphatic carbocycles. The molecule has 0 saturated heterocycles. The fraction of sp³-hybridized carbons (Fsp3) is 0.357. The average molecular weight is 290 g/mol. The lowest BCUT2D eigenvalue weighted by Gasteiger charge is -2.04. The van der Waals surface area contributed by atoms with Gasteiger partial charge in [0.15, 0.2) is 0 Å². The van der Waals surface area contributed by atoms with Crippen LogP contribution < -0.4 is 14.8 Å². The van der Waals surface area contributed by atoms with E-state index in [1.807, 2.05) is 31.2 Å². The van der Waals surface area contributed by atoms with Crippen molar-refractivity contribution in [2.45, 2.75) is 19.8 Å². The Morgan fingerprint density at radius 1 is 1.43 bits per heavy atom. The number of nitrogens with one attached hydrogen (secondary N) is 2. The molecule has 0 atom stereocenters. The Kier molecular flexibility index (Phi) is 5.14. The molecule has 0 aliphatic rings. The molecule has 21 heavy (non-hydrogen) atoms. The Hall–Kier alpha value is -2.57. The Labute approximate surface area is 122 Å². The Morgan fingerprint density at radius 3 is 3.05 bits per heavy atom. The van der Waals surface area contributed by atoms with Crippen LogP contribution in [0.3, 0.4) is 0 Å².